The van der Waals surface area contributed by atoms with Crippen LogP contribution in [0.25, 0.3) is 0 Å². The van der Waals surface area contributed by atoms with Crippen molar-refractivity contribution in [1.82, 2.24) is 16.0 Å². The normalized spacial score (nSPS) is 12.4. The van der Waals surface area contributed by atoms with Crippen LogP contribution in [0.5, 0.6) is 0 Å². The molecule has 0 bridgehead atoms. The molecule has 2 aromatic carbocycles. The molecule has 27 heavy (non-hydrogen) atoms. The Labute approximate surface area is 160 Å². The van der Waals surface area contributed by atoms with Crippen molar-refractivity contribution < 1.29 is 9.18 Å². The zero-order chi connectivity index (χ0) is 19.6. The van der Waals surface area contributed by atoms with Gasteiger partial charge in [0, 0.05) is 18.7 Å². The van der Waals surface area contributed by atoms with Crippen molar-refractivity contribution in [3.8, 4) is 0 Å². The van der Waals surface area contributed by atoms with Crippen LogP contribution in [0.2, 0.25) is 0 Å². The van der Waals surface area contributed by atoms with Gasteiger partial charge in [-0.1, -0.05) is 36.4 Å². The molecule has 1 amide bonds. The molecule has 1 atom stereocenters. The fourth-order valence-corrected chi connectivity index (χ4v) is 2.52. The van der Waals surface area contributed by atoms with Gasteiger partial charge in [0.15, 0.2) is 5.96 Å². The average molecular weight is 370 g/mol. The van der Waals surface area contributed by atoms with Gasteiger partial charge in [-0.15, -0.1) is 0 Å². The fourth-order valence-electron chi connectivity index (χ4n) is 2.52. The van der Waals surface area contributed by atoms with Crippen LogP contribution in [0.4, 0.5) is 4.39 Å². The summed E-state index contributed by atoms with van der Waals surface area (Å²) < 4.78 is 13.6. The highest BCUT2D eigenvalue weighted by Gasteiger charge is 2.09. The highest BCUT2D eigenvalue weighted by Crippen LogP contribution is 2.11. The number of aliphatic imine (C=N–C) groups is 1. The molecule has 3 N–H and O–H groups in total. The molecule has 0 aromatic heterocycles. The van der Waals surface area contributed by atoms with E-state index in [-0.39, 0.29) is 17.8 Å². The molecular formula is C21H27FN4O. The van der Waals surface area contributed by atoms with E-state index in [1.165, 1.54) is 6.07 Å². The van der Waals surface area contributed by atoms with E-state index in [1.807, 2.05) is 25.1 Å². The second kappa shape index (κ2) is 10.3. The molecule has 0 spiro atoms. The van der Waals surface area contributed by atoms with E-state index in [1.54, 1.807) is 19.1 Å². The lowest BCUT2D eigenvalue weighted by molar-refractivity contribution is 0.0954. The third-order valence-electron chi connectivity index (χ3n) is 4.10. The SMILES string of the molecule is CCNC(=NCCNC(=O)c1ccc(C)c(F)c1)NC(C)c1ccccc1. The molecule has 0 heterocycles. The third-order valence-corrected chi connectivity index (χ3v) is 4.10. The molecule has 0 radical (unpaired) electrons. The summed E-state index contributed by atoms with van der Waals surface area (Å²) in [6.07, 6.45) is 0. The minimum Gasteiger partial charge on any atom is -0.357 e. The Kier molecular flexibility index (Phi) is 7.79. The van der Waals surface area contributed by atoms with Gasteiger partial charge in [-0.05, 0) is 44.0 Å². The second-order valence-electron chi connectivity index (χ2n) is 6.26. The first-order valence-electron chi connectivity index (χ1n) is 9.15. The van der Waals surface area contributed by atoms with E-state index in [0.29, 0.717) is 30.2 Å². The summed E-state index contributed by atoms with van der Waals surface area (Å²) in [5.41, 5.74) is 1.99. The Morgan fingerprint density at radius 2 is 1.89 bits per heavy atom. The van der Waals surface area contributed by atoms with Crippen molar-refractivity contribution in [2.75, 3.05) is 19.6 Å². The fraction of sp³-hybridized carbons (Fsp3) is 0.333. The van der Waals surface area contributed by atoms with Crippen LogP contribution in [-0.4, -0.2) is 31.5 Å². The zero-order valence-corrected chi connectivity index (χ0v) is 16.1. The van der Waals surface area contributed by atoms with Crippen LogP contribution in [0, 0.1) is 12.7 Å². The Morgan fingerprint density at radius 3 is 2.56 bits per heavy atom. The largest absolute Gasteiger partial charge is 0.357 e. The van der Waals surface area contributed by atoms with E-state index in [0.717, 1.165) is 12.1 Å². The number of hydrogen-bond donors (Lipinski definition) is 3. The third kappa shape index (κ3) is 6.40. The first-order valence-corrected chi connectivity index (χ1v) is 9.15. The predicted molar refractivity (Wildman–Crippen MR) is 107 cm³/mol. The molecule has 0 aliphatic heterocycles. The van der Waals surface area contributed by atoms with Crippen molar-refractivity contribution in [3.63, 3.8) is 0 Å². The smallest absolute Gasteiger partial charge is 0.251 e. The van der Waals surface area contributed by atoms with Crippen LogP contribution in [0.3, 0.4) is 0 Å². The molecular weight excluding hydrogens is 343 g/mol. The molecule has 1 unspecified atom stereocenters. The zero-order valence-electron chi connectivity index (χ0n) is 16.1. The van der Waals surface area contributed by atoms with Crippen molar-refractivity contribution in [2.45, 2.75) is 26.8 Å². The molecule has 144 valence electrons. The minimum absolute atomic E-state index is 0.106. The van der Waals surface area contributed by atoms with Crippen molar-refractivity contribution >= 4 is 11.9 Å². The van der Waals surface area contributed by atoms with Crippen LogP contribution in [-0.2, 0) is 0 Å². The number of rotatable bonds is 7. The molecule has 0 fully saturated rings. The van der Waals surface area contributed by atoms with Crippen LogP contribution in [0.1, 0.15) is 41.4 Å². The van der Waals surface area contributed by atoms with Gasteiger partial charge in [0.1, 0.15) is 5.82 Å². The van der Waals surface area contributed by atoms with Gasteiger partial charge < -0.3 is 16.0 Å². The quantitative estimate of drug-likeness (QED) is 0.398. The lowest BCUT2D eigenvalue weighted by Crippen LogP contribution is -2.39. The summed E-state index contributed by atoms with van der Waals surface area (Å²) >= 11 is 0. The van der Waals surface area contributed by atoms with Crippen molar-refractivity contribution in [1.29, 1.82) is 0 Å². The lowest BCUT2D eigenvalue weighted by Gasteiger charge is -2.18. The Balaban J connectivity index is 1.87. The molecule has 2 aromatic rings. The van der Waals surface area contributed by atoms with E-state index in [2.05, 4.69) is 40.0 Å². The number of benzene rings is 2. The van der Waals surface area contributed by atoms with Gasteiger partial charge in [-0.2, -0.15) is 0 Å². The van der Waals surface area contributed by atoms with Crippen LogP contribution < -0.4 is 16.0 Å². The second-order valence-corrected chi connectivity index (χ2v) is 6.26. The first-order chi connectivity index (χ1) is 13.0. The van der Waals surface area contributed by atoms with Crippen molar-refractivity contribution in [2.24, 2.45) is 4.99 Å². The molecule has 2 rings (SSSR count). The predicted octanol–water partition coefficient (Wildman–Crippen LogP) is 3.18. The number of halogens is 1. The van der Waals surface area contributed by atoms with Gasteiger partial charge in [-0.25, -0.2) is 4.39 Å². The number of amides is 1. The Morgan fingerprint density at radius 1 is 1.15 bits per heavy atom. The highest BCUT2D eigenvalue weighted by molar-refractivity contribution is 5.94. The number of carbonyl (C=O) groups is 1. The molecule has 0 saturated carbocycles. The maximum Gasteiger partial charge on any atom is 0.251 e. The summed E-state index contributed by atoms with van der Waals surface area (Å²) in [6.45, 7) is 7.25. The molecule has 6 heteroatoms. The topological polar surface area (TPSA) is 65.5 Å². The van der Waals surface area contributed by atoms with E-state index < -0.39 is 0 Å². The van der Waals surface area contributed by atoms with Crippen molar-refractivity contribution in [3.05, 3.63) is 71.0 Å². The highest BCUT2D eigenvalue weighted by atomic mass is 19.1. The maximum atomic E-state index is 13.6. The number of nitrogens with one attached hydrogen (secondary N) is 3. The van der Waals surface area contributed by atoms with Gasteiger partial charge in [0.05, 0.1) is 12.6 Å². The number of aryl methyl sites for hydroxylation is 1. The van der Waals surface area contributed by atoms with Gasteiger partial charge >= 0.3 is 0 Å². The monoisotopic (exact) mass is 370 g/mol. The van der Waals surface area contributed by atoms with E-state index >= 15 is 0 Å². The number of guanidine groups is 1. The molecule has 0 saturated heterocycles. The number of nitrogens with zero attached hydrogens (tertiary/aromatic N) is 1. The van der Waals surface area contributed by atoms with Crippen LogP contribution in [0.15, 0.2) is 53.5 Å². The minimum atomic E-state index is -0.380. The number of hydrogen-bond acceptors (Lipinski definition) is 2. The van der Waals surface area contributed by atoms with Gasteiger partial charge in [-0.3, -0.25) is 9.79 Å². The number of carbonyl (C=O) groups excluding carboxylic acids is 1. The summed E-state index contributed by atoms with van der Waals surface area (Å²) in [5.74, 6) is -0.00148. The summed E-state index contributed by atoms with van der Waals surface area (Å²) in [5, 5.41) is 9.30. The Hall–Kier alpha value is -2.89. The molecule has 0 aliphatic rings. The summed E-state index contributed by atoms with van der Waals surface area (Å²) in [6, 6.07) is 14.7. The van der Waals surface area contributed by atoms with Crippen LogP contribution >= 0.6 is 0 Å². The average Bonchev–Trinajstić information content (AvgIpc) is 2.67. The van der Waals surface area contributed by atoms with E-state index in [4.69, 9.17) is 0 Å². The molecule has 5 nitrogen and oxygen atoms in total. The summed E-state index contributed by atoms with van der Waals surface area (Å²) in [4.78, 5) is 16.6. The summed E-state index contributed by atoms with van der Waals surface area (Å²) in [7, 11) is 0. The Bertz CT molecular complexity index is 777. The lowest BCUT2D eigenvalue weighted by atomic mass is 10.1. The maximum absolute atomic E-state index is 13.6. The van der Waals surface area contributed by atoms with Gasteiger partial charge in [0.2, 0.25) is 0 Å². The molecule has 0 aliphatic carbocycles. The van der Waals surface area contributed by atoms with E-state index in [9.17, 15) is 9.18 Å². The van der Waals surface area contributed by atoms with Gasteiger partial charge in [0.25, 0.3) is 5.91 Å². The standard InChI is InChI=1S/C21H27FN4O/c1-4-23-21(26-16(3)17-8-6-5-7-9-17)25-13-12-24-20(27)18-11-10-15(2)19(22)14-18/h5-11,14,16H,4,12-13H2,1-3H3,(H,24,27)(H2,23,25,26). The first kappa shape index (κ1) is 20.4.